The molecule has 202 valence electrons. The summed E-state index contributed by atoms with van der Waals surface area (Å²) in [5.41, 5.74) is 1.88. The number of fused-ring (bicyclic) bond motifs is 5. The number of hydrogen-bond donors (Lipinski definition) is 0. The molecule has 1 saturated heterocycles. The van der Waals surface area contributed by atoms with Crippen molar-refractivity contribution in [2.75, 3.05) is 14.2 Å². The van der Waals surface area contributed by atoms with Crippen LogP contribution in [0, 0.1) is 5.41 Å². The Bertz CT molecular complexity index is 1710. The van der Waals surface area contributed by atoms with Crippen LogP contribution in [0.3, 0.4) is 0 Å². The van der Waals surface area contributed by atoms with Crippen molar-refractivity contribution in [1.82, 2.24) is 5.01 Å². The summed E-state index contributed by atoms with van der Waals surface area (Å²) in [6.45, 7) is 0. The molecule has 41 heavy (non-hydrogen) atoms. The first-order valence-corrected chi connectivity index (χ1v) is 13.4. The number of ketones is 3. The van der Waals surface area contributed by atoms with Crippen LogP contribution < -0.4 is 9.47 Å². The van der Waals surface area contributed by atoms with Gasteiger partial charge in [-0.2, -0.15) is 5.10 Å². The van der Waals surface area contributed by atoms with E-state index in [0.717, 1.165) is 11.1 Å². The standard InChI is InChI=1S/C34H26N2O5/c1-40-23-15-11-20(12-16-23)28-29(30(37)21-13-17-24(41-2)18-14-21)36-31(25-8-4-3-7-22(25)19-35-36)34(28)32(38)26-9-5-6-10-27(26)33(34)39/h3-19,28-29,31H,1-2H3/t28-,29-,31-/m0/s1. The van der Waals surface area contributed by atoms with Gasteiger partial charge in [-0.25, -0.2) is 0 Å². The van der Waals surface area contributed by atoms with Gasteiger partial charge in [0.05, 0.1) is 26.5 Å². The highest BCUT2D eigenvalue weighted by Gasteiger charge is 2.72. The molecule has 0 amide bonds. The summed E-state index contributed by atoms with van der Waals surface area (Å²) in [6.07, 6.45) is 1.71. The Morgan fingerprint density at radius 2 is 1.32 bits per heavy atom. The van der Waals surface area contributed by atoms with E-state index in [1.165, 1.54) is 0 Å². The van der Waals surface area contributed by atoms with Gasteiger partial charge in [-0.3, -0.25) is 19.4 Å². The number of nitrogens with zero attached hydrogens (tertiary/aromatic N) is 2. The molecule has 4 aromatic carbocycles. The molecule has 2 aliphatic heterocycles. The topological polar surface area (TPSA) is 85.3 Å². The molecule has 1 fully saturated rings. The first-order valence-electron chi connectivity index (χ1n) is 13.4. The molecule has 7 rings (SSSR count). The number of Topliss-reactive ketones (excluding diaryl/α,β-unsaturated/α-hetero) is 3. The van der Waals surface area contributed by atoms with Gasteiger partial charge in [0.25, 0.3) is 0 Å². The summed E-state index contributed by atoms with van der Waals surface area (Å²) in [5.74, 6) is -0.383. The first kappa shape index (κ1) is 25.0. The number of benzene rings is 4. The Labute approximate surface area is 237 Å². The van der Waals surface area contributed by atoms with Crippen LogP contribution in [0.15, 0.2) is 102 Å². The molecular weight excluding hydrogens is 516 g/mol. The van der Waals surface area contributed by atoms with E-state index in [0.29, 0.717) is 33.8 Å². The quantitative estimate of drug-likeness (QED) is 0.244. The fraction of sp³-hybridized carbons (Fsp3) is 0.176. The van der Waals surface area contributed by atoms with Gasteiger partial charge in [-0.1, -0.05) is 60.7 Å². The Hall–Kier alpha value is -5.04. The zero-order valence-corrected chi connectivity index (χ0v) is 22.5. The molecule has 2 heterocycles. The monoisotopic (exact) mass is 542 g/mol. The predicted octanol–water partition coefficient (Wildman–Crippen LogP) is 5.51. The second-order valence-electron chi connectivity index (χ2n) is 10.5. The van der Waals surface area contributed by atoms with E-state index in [1.807, 2.05) is 36.4 Å². The SMILES string of the molecule is COc1ccc(C(=O)[C@@H]2[C@H](c3ccc(OC)cc3)C3(C(=O)c4ccccc4C3=O)[C@@H]3c4ccccc4C=NN23)cc1. The minimum absolute atomic E-state index is 0.233. The van der Waals surface area contributed by atoms with Gasteiger partial charge in [0.2, 0.25) is 0 Å². The van der Waals surface area contributed by atoms with Gasteiger partial charge in [-0.15, -0.1) is 0 Å². The number of carbonyl (C=O) groups is 3. The Kier molecular flexibility index (Phi) is 5.64. The Balaban J connectivity index is 1.52. The molecule has 0 unspecified atom stereocenters. The summed E-state index contributed by atoms with van der Waals surface area (Å²) in [6, 6.07) is 27.0. The van der Waals surface area contributed by atoms with E-state index in [-0.39, 0.29) is 17.3 Å². The molecule has 3 aliphatic rings. The number of ether oxygens (including phenoxy) is 2. The van der Waals surface area contributed by atoms with Crippen molar-refractivity contribution in [3.63, 3.8) is 0 Å². The second-order valence-corrected chi connectivity index (χ2v) is 10.5. The minimum Gasteiger partial charge on any atom is -0.497 e. The number of methoxy groups -OCH3 is 2. The maximum atomic E-state index is 14.7. The average Bonchev–Trinajstić information content (AvgIpc) is 3.47. The molecule has 3 atom stereocenters. The smallest absolute Gasteiger partial charge is 0.187 e. The van der Waals surface area contributed by atoms with Gasteiger partial charge >= 0.3 is 0 Å². The fourth-order valence-electron chi connectivity index (χ4n) is 6.89. The normalized spacial score (nSPS) is 21.4. The number of rotatable bonds is 5. The molecule has 0 N–H and O–H groups in total. The lowest BCUT2D eigenvalue weighted by Gasteiger charge is -2.36. The molecule has 0 aromatic heterocycles. The van der Waals surface area contributed by atoms with Crippen LogP contribution in [0.5, 0.6) is 11.5 Å². The highest BCUT2D eigenvalue weighted by Crippen LogP contribution is 2.64. The highest BCUT2D eigenvalue weighted by molar-refractivity contribution is 6.31. The number of hydrazone groups is 1. The lowest BCUT2D eigenvalue weighted by Crippen LogP contribution is -2.43. The van der Waals surface area contributed by atoms with Crippen LogP contribution in [0.25, 0.3) is 0 Å². The molecule has 0 radical (unpaired) electrons. The van der Waals surface area contributed by atoms with Crippen molar-refractivity contribution < 1.29 is 23.9 Å². The maximum Gasteiger partial charge on any atom is 0.187 e. The number of hydrogen-bond acceptors (Lipinski definition) is 7. The zero-order valence-electron chi connectivity index (χ0n) is 22.5. The lowest BCUT2D eigenvalue weighted by atomic mass is 9.63. The second kappa shape index (κ2) is 9.27. The van der Waals surface area contributed by atoms with Gasteiger partial charge < -0.3 is 9.47 Å². The van der Waals surface area contributed by atoms with Crippen LogP contribution in [0.2, 0.25) is 0 Å². The molecule has 7 heteroatoms. The molecule has 1 spiro atoms. The third-order valence-corrected chi connectivity index (χ3v) is 8.69. The summed E-state index contributed by atoms with van der Waals surface area (Å²) >= 11 is 0. The van der Waals surface area contributed by atoms with Gasteiger partial charge in [0.1, 0.15) is 23.0 Å². The first-order chi connectivity index (χ1) is 20.0. The largest absolute Gasteiger partial charge is 0.497 e. The van der Waals surface area contributed by atoms with Crippen molar-refractivity contribution in [3.05, 3.63) is 130 Å². The molecular formula is C34H26N2O5. The van der Waals surface area contributed by atoms with E-state index < -0.39 is 23.4 Å². The third kappa shape index (κ3) is 3.38. The van der Waals surface area contributed by atoms with Crippen molar-refractivity contribution >= 4 is 23.6 Å². The van der Waals surface area contributed by atoms with E-state index in [9.17, 15) is 14.4 Å². The zero-order chi connectivity index (χ0) is 28.3. The van der Waals surface area contributed by atoms with Crippen LogP contribution in [-0.2, 0) is 0 Å². The van der Waals surface area contributed by atoms with Crippen molar-refractivity contribution in [2.24, 2.45) is 10.5 Å². The van der Waals surface area contributed by atoms with Crippen molar-refractivity contribution in [1.29, 1.82) is 0 Å². The van der Waals surface area contributed by atoms with Crippen molar-refractivity contribution in [3.8, 4) is 11.5 Å². The minimum atomic E-state index is -1.61. The maximum absolute atomic E-state index is 14.7. The fourth-order valence-corrected chi connectivity index (χ4v) is 6.89. The Morgan fingerprint density at radius 3 is 1.93 bits per heavy atom. The highest BCUT2D eigenvalue weighted by atomic mass is 16.5. The van der Waals surface area contributed by atoms with Gasteiger partial charge in [0.15, 0.2) is 17.3 Å². The third-order valence-electron chi connectivity index (χ3n) is 8.69. The molecule has 1 aliphatic carbocycles. The molecule has 7 nitrogen and oxygen atoms in total. The van der Waals surface area contributed by atoms with Gasteiger partial charge in [-0.05, 0) is 53.1 Å². The molecule has 0 saturated carbocycles. The van der Waals surface area contributed by atoms with Crippen LogP contribution in [0.1, 0.15) is 59.7 Å². The van der Waals surface area contributed by atoms with Gasteiger partial charge in [0, 0.05) is 22.6 Å². The van der Waals surface area contributed by atoms with E-state index in [4.69, 9.17) is 14.6 Å². The average molecular weight is 543 g/mol. The summed E-state index contributed by atoms with van der Waals surface area (Å²) < 4.78 is 10.7. The van der Waals surface area contributed by atoms with Crippen LogP contribution in [-0.4, -0.2) is 48.8 Å². The number of carbonyl (C=O) groups excluding carboxylic acids is 3. The van der Waals surface area contributed by atoms with E-state index in [1.54, 1.807) is 86.1 Å². The Morgan fingerprint density at radius 1 is 0.756 bits per heavy atom. The van der Waals surface area contributed by atoms with Crippen molar-refractivity contribution in [2.45, 2.75) is 18.0 Å². The molecule has 4 aromatic rings. The van der Waals surface area contributed by atoms with E-state index in [2.05, 4.69) is 0 Å². The summed E-state index contributed by atoms with van der Waals surface area (Å²) in [5, 5.41) is 6.49. The van der Waals surface area contributed by atoms with Crippen LogP contribution in [0.4, 0.5) is 0 Å². The summed E-state index contributed by atoms with van der Waals surface area (Å²) in [7, 11) is 3.14. The lowest BCUT2D eigenvalue weighted by molar-refractivity contribution is 0.0586. The molecule has 0 bridgehead atoms. The van der Waals surface area contributed by atoms with Crippen LogP contribution >= 0.6 is 0 Å². The summed E-state index contributed by atoms with van der Waals surface area (Å²) in [4.78, 5) is 44.0. The predicted molar refractivity (Wildman–Crippen MR) is 153 cm³/mol. The van der Waals surface area contributed by atoms with E-state index >= 15 is 0 Å².